The first-order chi connectivity index (χ1) is 11.4. The van der Waals surface area contributed by atoms with Gasteiger partial charge in [-0.15, -0.1) is 0 Å². The van der Waals surface area contributed by atoms with E-state index in [1.807, 2.05) is 0 Å². The minimum Gasteiger partial charge on any atom is -0.550 e. The molecule has 128 valence electrons. The molecule has 0 aliphatic heterocycles. The van der Waals surface area contributed by atoms with Crippen molar-refractivity contribution in [2.45, 2.75) is 19.8 Å². The molecule has 0 unspecified atom stereocenters. The zero-order valence-electron chi connectivity index (χ0n) is 13.5. The number of hydrogen-bond acceptors (Lipinski definition) is 5. The van der Waals surface area contributed by atoms with Crippen molar-refractivity contribution in [3.8, 4) is 5.75 Å². The van der Waals surface area contributed by atoms with E-state index in [2.05, 4.69) is 10.6 Å². The molecule has 2 amide bonds. The number of allylic oxidation sites excluding steroid dienone is 2. The minimum atomic E-state index is -1.24. The van der Waals surface area contributed by atoms with Gasteiger partial charge < -0.3 is 25.3 Å². The van der Waals surface area contributed by atoms with Gasteiger partial charge in [0.2, 0.25) is 11.8 Å². The lowest BCUT2D eigenvalue weighted by molar-refractivity contribution is -0.313. The molecular formula is C17H19N2O5-. The molecule has 2 N–H and O–H groups in total. The molecule has 1 aromatic rings. The van der Waals surface area contributed by atoms with E-state index < -0.39 is 23.7 Å². The molecule has 2 atom stereocenters. The number of aliphatic carboxylic acids is 1. The van der Waals surface area contributed by atoms with E-state index in [0.717, 1.165) is 0 Å². The summed E-state index contributed by atoms with van der Waals surface area (Å²) in [4.78, 5) is 34.9. The number of nitrogens with one attached hydrogen (secondary N) is 2. The summed E-state index contributed by atoms with van der Waals surface area (Å²) in [6.07, 6.45) is 4.12. The Morgan fingerprint density at radius 2 is 1.79 bits per heavy atom. The Kier molecular flexibility index (Phi) is 5.57. The van der Waals surface area contributed by atoms with E-state index in [1.54, 1.807) is 30.4 Å². The van der Waals surface area contributed by atoms with Crippen LogP contribution < -0.4 is 20.5 Å². The van der Waals surface area contributed by atoms with Crippen molar-refractivity contribution in [2.75, 3.05) is 17.7 Å². The van der Waals surface area contributed by atoms with Crippen molar-refractivity contribution in [1.82, 2.24) is 0 Å². The average Bonchev–Trinajstić information content (AvgIpc) is 2.54. The summed E-state index contributed by atoms with van der Waals surface area (Å²) >= 11 is 0. The van der Waals surface area contributed by atoms with Gasteiger partial charge in [0.25, 0.3) is 0 Å². The topological polar surface area (TPSA) is 108 Å². The number of carbonyl (C=O) groups is 3. The molecule has 1 aliphatic rings. The third-order valence-electron chi connectivity index (χ3n) is 3.85. The van der Waals surface area contributed by atoms with Crippen molar-refractivity contribution >= 4 is 29.2 Å². The van der Waals surface area contributed by atoms with Crippen molar-refractivity contribution in [3.63, 3.8) is 0 Å². The lowest BCUT2D eigenvalue weighted by atomic mass is 9.82. The van der Waals surface area contributed by atoms with Crippen molar-refractivity contribution in [3.05, 3.63) is 30.4 Å². The summed E-state index contributed by atoms with van der Waals surface area (Å²) in [7, 11) is 1.45. The molecule has 0 bridgehead atoms. The molecule has 7 nitrogen and oxygen atoms in total. The van der Waals surface area contributed by atoms with Crippen LogP contribution in [-0.4, -0.2) is 24.9 Å². The summed E-state index contributed by atoms with van der Waals surface area (Å²) in [6.45, 7) is 1.38. The minimum absolute atomic E-state index is 0.244. The Hall–Kier alpha value is -2.83. The summed E-state index contributed by atoms with van der Waals surface area (Å²) in [5.74, 6) is -3.07. The smallest absolute Gasteiger partial charge is 0.228 e. The summed E-state index contributed by atoms with van der Waals surface area (Å²) in [5.41, 5.74) is 0.860. The van der Waals surface area contributed by atoms with E-state index in [9.17, 15) is 19.5 Å². The van der Waals surface area contributed by atoms with E-state index in [4.69, 9.17) is 4.74 Å². The van der Waals surface area contributed by atoms with Crippen LogP contribution in [0, 0.1) is 11.8 Å². The lowest BCUT2D eigenvalue weighted by Crippen LogP contribution is -2.41. The molecule has 0 spiro atoms. The number of rotatable bonds is 5. The number of carbonyl (C=O) groups excluding carboxylic acids is 3. The second-order valence-corrected chi connectivity index (χ2v) is 5.56. The van der Waals surface area contributed by atoms with Crippen LogP contribution in [0.2, 0.25) is 0 Å². The third-order valence-corrected chi connectivity index (χ3v) is 3.85. The molecule has 0 saturated heterocycles. The van der Waals surface area contributed by atoms with Crippen LogP contribution in [0.25, 0.3) is 0 Å². The predicted molar refractivity (Wildman–Crippen MR) is 86.3 cm³/mol. The molecule has 0 radical (unpaired) electrons. The van der Waals surface area contributed by atoms with E-state index >= 15 is 0 Å². The fraction of sp³-hybridized carbons (Fsp3) is 0.353. The number of anilines is 2. The van der Waals surface area contributed by atoms with Crippen molar-refractivity contribution in [1.29, 1.82) is 0 Å². The first-order valence-electron chi connectivity index (χ1n) is 7.54. The molecule has 0 heterocycles. The normalized spacial score (nSPS) is 19.4. The Morgan fingerprint density at radius 1 is 1.12 bits per heavy atom. The maximum atomic E-state index is 12.5. The fourth-order valence-electron chi connectivity index (χ4n) is 2.68. The standard InChI is InChI=1S/C17H20N2O5/c1-10(20)18-11-7-8-15(24-2)14(9-11)19-16(21)12-5-3-4-6-13(12)17(22)23/h3-4,7-9,12-13H,5-6H2,1-2H3,(H,18,20)(H,19,21)(H,22,23)/p-1/t12-,13-/m0/s1. The molecule has 1 aromatic carbocycles. The Morgan fingerprint density at radius 3 is 2.38 bits per heavy atom. The van der Waals surface area contributed by atoms with Crippen LogP contribution in [0.15, 0.2) is 30.4 Å². The SMILES string of the molecule is COc1ccc(NC(C)=O)cc1NC(=O)[C@H]1CC=CC[C@@H]1C(=O)[O-]. The number of amides is 2. The largest absolute Gasteiger partial charge is 0.550 e. The summed E-state index contributed by atoms with van der Waals surface area (Å²) in [6, 6.07) is 4.81. The predicted octanol–water partition coefficient (Wildman–Crippen LogP) is 0.924. The fourth-order valence-corrected chi connectivity index (χ4v) is 2.68. The molecule has 0 fully saturated rings. The second kappa shape index (κ2) is 7.63. The number of carboxylic acid groups (broad SMARTS) is 1. The number of hydrogen-bond donors (Lipinski definition) is 2. The van der Waals surface area contributed by atoms with Crippen LogP contribution in [0.5, 0.6) is 5.75 Å². The highest BCUT2D eigenvalue weighted by Gasteiger charge is 2.30. The molecular weight excluding hydrogens is 312 g/mol. The third kappa shape index (κ3) is 4.13. The van der Waals surface area contributed by atoms with Gasteiger partial charge in [0.1, 0.15) is 5.75 Å². The number of methoxy groups -OCH3 is 1. The number of carboxylic acids is 1. The zero-order chi connectivity index (χ0) is 17.7. The van der Waals surface area contributed by atoms with Crippen molar-refractivity contribution in [2.24, 2.45) is 11.8 Å². The van der Waals surface area contributed by atoms with Crippen LogP contribution in [0.3, 0.4) is 0 Å². The second-order valence-electron chi connectivity index (χ2n) is 5.56. The van der Waals surface area contributed by atoms with Gasteiger partial charge in [-0.25, -0.2) is 0 Å². The van der Waals surface area contributed by atoms with Gasteiger partial charge in [-0.1, -0.05) is 12.2 Å². The first-order valence-corrected chi connectivity index (χ1v) is 7.54. The monoisotopic (exact) mass is 331 g/mol. The molecule has 7 heteroatoms. The van der Waals surface area contributed by atoms with Gasteiger partial charge in [0.05, 0.1) is 18.7 Å². The van der Waals surface area contributed by atoms with E-state index in [0.29, 0.717) is 23.5 Å². The quantitative estimate of drug-likeness (QED) is 0.780. The highest BCUT2D eigenvalue weighted by molar-refractivity contribution is 5.97. The molecule has 0 aromatic heterocycles. The van der Waals surface area contributed by atoms with E-state index in [1.165, 1.54) is 14.0 Å². The molecule has 0 saturated carbocycles. The Balaban J connectivity index is 2.22. The van der Waals surface area contributed by atoms with Gasteiger partial charge in [-0.05, 0) is 31.0 Å². The van der Waals surface area contributed by atoms with Crippen molar-refractivity contribution < 1.29 is 24.2 Å². The lowest BCUT2D eigenvalue weighted by Gasteiger charge is -2.28. The van der Waals surface area contributed by atoms with Gasteiger partial charge in [0.15, 0.2) is 0 Å². The van der Waals surface area contributed by atoms with Gasteiger partial charge in [0, 0.05) is 24.5 Å². The van der Waals surface area contributed by atoms with Gasteiger partial charge in [-0.3, -0.25) is 9.59 Å². The number of ether oxygens (including phenoxy) is 1. The average molecular weight is 331 g/mol. The first kappa shape index (κ1) is 17.5. The highest BCUT2D eigenvalue weighted by Crippen LogP contribution is 2.31. The number of benzene rings is 1. The Labute approximate surface area is 139 Å². The maximum Gasteiger partial charge on any atom is 0.228 e. The van der Waals surface area contributed by atoms with Crippen LogP contribution in [0.4, 0.5) is 11.4 Å². The maximum absolute atomic E-state index is 12.5. The highest BCUT2D eigenvalue weighted by atomic mass is 16.5. The Bertz CT molecular complexity index is 684. The van der Waals surface area contributed by atoms with Gasteiger partial charge in [-0.2, -0.15) is 0 Å². The van der Waals surface area contributed by atoms with Crippen LogP contribution in [0.1, 0.15) is 19.8 Å². The summed E-state index contributed by atoms with van der Waals surface area (Å²) in [5, 5.41) is 16.5. The molecule has 2 rings (SSSR count). The van der Waals surface area contributed by atoms with Gasteiger partial charge >= 0.3 is 0 Å². The summed E-state index contributed by atoms with van der Waals surface area (Å²) < 4.78 is 5.20. The van der Waals surface area contributed by atoms with Crippen LogP contribution in [-0.2, 0) is 14.4 Å². The zero-order valence-corrected chi connectivity index (χ0v) is 13.5. The molecule has 1 aliphatic carbocycles. The van der Waals surface area contributed by atoms with E-state index in [-0.39, 0.29) is 12.3 Å². The molecule has 24 heavy (non-hydrogen) atoms. The van der Waals surface area contributed by atoms with Crippen LogP contribution >= 0.6 is 0 Å².